The SMILES string of the molecule is CCc1noc([C@H](C)N2CCC(Oc3ccccc3Cl)CC2)n1. The van der Waals surface area contributed by atoms with Gasteiger partial charge in [0.05, 0.1) is 11.1 Å². The lowest BCUT2D eigenvalue weighted by atomic mass is 10.1. The Morgan fingerprint density at radius 1 is 1.35 bits per heavy atom. The summed E-state index contributed by atoms with van der Waals surface area (Å²) in [5, 5.41) is 4.65. The largest absolute Gasteiger partial charge is 0.489 e. The molecule has 0 spiro atoms. The Hall–Kier alpha value is -1.59. The molecule has 0 amide bonds. The highest BCUT2D eigenvalue weighted by Gasteiger charge is 2.27. The summed E-state index contributed by atoms with van der Waals surface area (Å²) in [4.78, 5) is 6.79. The molecule has 1 atom stereocenters. The predicted octanol–water partition coefficient (Wildman–Crippen LogP) is 3.89. The van der Waals surface area contributed by atoms with Crippen LogP contribution in [0.1, 0.15) is 44.4 Å². The van der Waals surface area contributed by atoms with Crippen molar-refractivity contribution in [3.8, 4) is 5.75 Å². The Morgan fingerprint density at radius 3 is 2.74 bits per heavy atom. The van der Waals surface area contributed by atoms with E-state index >= 15 is 0 Å². The highest BCUT2D eigenvalue weighted by Crippen LogP contribution is 2.29. The number of aromatic nitrogens is 2. The first-order valence-electron chi connectivity index (χ1n) is 8.15. The molecule has 0 radical (unpaired) electrons. The van der Waals surface area contributed by atoms with Crippen LogP contribution in [0.15, 0.2) is 28.8 Å². The molecule has 1 saturated heterocycles. The normalized spacial score (nSPS) is 18.0. The average molecular weight is 336 g/mol. The van der Waals surface area contributed by atoms with E-state index < -0.39 is 0 Å². The van der Waals surface area contributed by atoms with Crippen molar-refractivity contribution in [3.63, 3.8) is 0 Å². The minimum absolute atomic E-state index is 0.143. The van der Waals surface area contributed by atoms with E-state index in [4.69, 9.17) is 20.9 Å². The van der Waals surface area contributed by atoms with Gasteiger partial charge < -0.3 is 9.26 Å². The number of benzene rings is 1. The highest BCUT2D eigenvalue weighted by molar-refractivity contribution is 6.32. The van der Waals surface area contributed by atoms with Crippen LogP contribution < -0.4 is 4.74 Å². The minimum atomic E-state index is 0.143. The number of ether oxygens (including phenoxy) is 1. The lowest BCUT2D eigenvalue weighted by Gasteiger charge is -2.34. The van der Waals surface area contributed by atoms with Crippen LogP contribution in [0.2, 0.25) is 5.02 Å². The molecule has 6 heteroatoms. The smallest absolute Gasteiger partial charge is 0.243 e. The van der Waals surface area contributed by atoms with Gasteiger partial charge in [0.1, 0.15) is 11.9 Å². The van der Waals surface area contributed by atoms with Crippen molar-refractivity contribution in [1.82, 2.24) is 15.0 Å². The minimum Gasteiger partial charge on any atom is -0.489 e. The van der Waals surface area contributed by atoms with Crippen molar-refractivity contribution in [2.75, 3.05) is 13.1 Å². The number of piperidine rings is 1. The molecule has 0 unspecified atom stereocenters. The third-order valence-electron chi connectivity index (χ3n) is 4.31. The predicted molar refractivity (Wildman–Crippen MR) is 88.8 cm³/mol. The second kappa shape index (κ2) is 7.32. The van der Waals surface area contributed by atoms with E-state index in [1.807, 2.05) is 31.2 Å². The Kier molecular flexibility index (Phi) is 5.18. The van der Waals surface area contributed by atoms with Crippen LogP contribution in [-0.4, -0.2) is 34.2 Å². The zero-order valence-corrected chi connectivity index (χ0v) is 14.3. The number of para-hydroxylation sites is 1. The number of likely N-dealkylation sites (tertiary alicyclic amines) is 1. The molecular weight excluding hydrogens is 314 g/mol. The molecule has 1 aromatic carbocycles. The molecule has 3 rings (SSSR count). The summed E-state index contributed by atoms with van der Waals surface area (Å²) < 4.78 is 11.4. The van der Waals surface area contributed by atoms with Gasteiger partial charge in [-0.3, -0.25) is 4.90 Å². The molecule has 124 valence electrons. The molecule has 23 heavy (non-hydrogen) atoms. The van der Waals surface area contributed by atoms with E-state index in [0.29, 0.717) is 10.9 Å². The molecule has 1 aliphatic heterocycles. The van der Waals surface area contributed by atoms with E-state index in [0.717, 1.165) is 43.9 Å². The lowest BCUT2D eigenvalue weighted by Crippen LogP contribution is -2.39. The van der Waals surface area contributed by atoms with Crippen LogP contribution in [0.4, 0.5) is 0 Å². The van der Waals surface area contributed by atoms with E-state index in [-0.39, 0.29) is 12.1 Å². The number of hydrogen-bond acceptors (Lipinski definition) is 5. The molecule has 2 aromatic rings. The molecule has 0 bridgehead atoms. The second-order valence-corrected chi connectivity index (χ2v) is 6.27. The van der Waals surface area contributed by atoms with Crippen LogP contribution in [0.3, 0.4) is 0 Å². The van der Waals surface area contributed by atoms with Crippen molar-refractivity contribution in [2.24, 2.45) is 0 Å². The highest BCUT2D eigenvalue weighted by atomic mass is 35.5. The third-order valence-corrected chi connectivity index (χ3v) is 4.62. The molecule has 1 fully saturated rings. The summed E-state index contributed by atoms with van der Waals surface area (Å²) in [6, 6.07) is 7.77. The van der Waals surface area contributed by atoms with Crippen molar-refractivity contribution in [2.45, 2.75) is 45.3 Å². The van der Waals surface area contributed by atoms with E-state index in [2.05, 4.69) is 22.0 Å². The average Bonchev–Trinajstić information content (AvgIpc) is 3.06. The molecule has 0 aliphatic carbocycles. The number of rotatable bonds is 5. The van der Waals surface area contributed by atoms with Gasteiger partial charge in [0, 0.05) is 19.5 Å². The van der Waals surface area contributed by atoms with Crippen LogP contribution in [-0.2, 0) is 6.42 Å². The van der Waals surface area contributed by atoms with Gasteiger partial charge in [-0.25, -0.2) is 0 Å². The van der Waals surface area contributed by atoms with Gasteiger partial charge in [-0.05, 0) is 31.9 Å². The van der Waals surface area contributed by atoms with Gasteiger partial charge in [-0.2, -0.15) is 4.98 Å². The van der Waals surface area contributed by atoms with Crippen LogP contribution in [0.25, 0.3) is 0 Å². The first kappa shape index (κ1) is 16.3. The summed E-state index contributed by atoms with van der Waals surface area (Å²) in [5.41, 5.74) is 0. The molecule has 1 aromatic heterocycles. The first-order chi connectivity index (χ1) is 11.2. The van der Waals surface area contributed by atoms with Gasteiger partial charge in [0.2, 0.25) is 5.89 Å². The fourth-order valence-corrected chi connectivity index (χ4v) is 3.02. The summed E-state index contributed by atoms with van der Waals surface area (Å²) in [6.07, 6.45) is 2.92. The number of nitrogens with zero attached hydrogens (tertiary/aromatic N) is 3. The number of hydrogen-bond donors (Lipinski definition) is 0. The van der Waals surface area contributed by atoms with Crippen molar-refractivity contribution in [3.05, 3.63) is 41.0 Å². The van der Waals surface area contributed by atoms with Crippen molar-refractivity contribution >= 4 is 11.6 Å². The van der Waals surface area contributed by atoms with Gasteiger partial charge >= 0.3 is 0 Å². The summed E-state index contributed by atoms with van der Waals surface area (Å²) in [5.74, 6) is 2.24. The van der Waals surface area contributed by atoms with Crippen LogP contribution >= 0.6 is 11.6 Å². The zero-order valence-electron chi connectivity index (χ0n) is 13.5. The molecular formula is C17H22ClN3O2. The standard InChI is InChI=1S/C17H22ClN3O2/c1-3-16-19-17(23-20-16)12(2)21-10-8-13(9-11-21)22-15-7-5-4-6-14(15)18/h4-7,12-13H,3,8-11H2,1-2H3/t12-/m0/s1. The molecule has 5 nitrogen and oxygen atoms in total. The van der Waals surface area contributed by atoms with Crippen LogP contribution in [0, 0.1) is 0 Å². The second-order valence-electron chi connectivity index (χ2n) is 5.86. The lowest BCUT2D eigenvalue weighted by molar-refractivity contribution is 0.0701. The Labute approximate surface area is 141 Å². The fraction of sp³-hybridized carbons (Fsp3) is 0.529. The zero-order chi connectivity index (χ0) is 16.2. The Bertz CT molecular complexity index is 638. The van der Waals surface area contributed by atoms with Gasteiger partial charge in [-0.15, -0.1) is 0 Å². The van der Waals surface area contributed by atoms with Crippen molar-refractivity contribution in [1.29, 1.82) is 0 Å². The summed E-state index contributed by atoms with van der Waals surface area (Å²) >= 11 is 6.16. The van der Waals surface area contributed by atoms with Gasteiger partial charge in [0.25, 0.3) is 0 Å². The van der Waals surface area contributed by atoms with E-state index in [1.165, 1.54) is 0 Å². The summed E-state index contributed by atoms with van der Waals surface area (Å²) in [7, 11) is 0. The van der Waals surface area contributed by atoms with Crippen molar-refractivity contribution < 1.29 is 9.26 Å². The molecule has 2 heterocycles. The Balaban J connectivity index is 1.54. The molecule has 0 saturated carbocycles. The molecule has 0 N–H and O–H groups in total. The number of aryl methyl sites for hydroxylation is 1. The fourth-order valence-electron chi connectivity index (χ4n) is 2.84. The maximum Gasteiger partial charge on any atom is 0.243 e. The first-order valence-corrected chi connectivity index (χ1v) is 8.53. The topological polar surface area (TPSA) is 51.4 Å². The van der Waals surface area contributed by atoms with E-state index in [9.17, 15) is 0 Å². The van der Waals surface area contributed by atoms with Gasteiger partial charge in [0.15, 0.2) is 5.82 Å². The third kappa shape index (κ3) is 3.85. The molecule has 1 aliphatic rings. The van der Waals surface area contributed by atoms with Crippen LogP contribution in [0.5, 0.6) is 5.75 Å². The number of halogens is 1. The maximum atomic E-state index is 6.16. The quantitative estimate of drug-likeness (QED) is 0.829. The van der Waals surface area contributed by atoms with E-state index in [1.54, 1.807) is 0 Å². The monoisotopic (exact) mass is 335 g/mol. The summed E-state index contributed by atoms with van der Waals surface area (Å²) in [6.45, 7) is 6.03. The maximum absolute atomic E-state index is 6.16. The van der Waals surface area contributed by atoms with Gasteiger partial charge in [-0.1, -0.05) is 35.8 Å². The Morgan fingerprint density at radius 2 is 2.09 bits per heavy atom.